The molecule has 43 heavy (non-hydrogen) atoms. The van der Waals surface area contributed by atoms with Crippen LogP contribution in [0.4, 0.5) is 0 Å². The highest BCUT2D eigenvalue weighted by molar-refractivity contribution is 5.92. The van der Waals surface area contributed by atoms with Crippen LogP contribution in [0.15, 0.2) is 36.4 Å². The lowest BCUT2D eigenvalue weighted by Crippen LogP contribution is -2.24. The van der Waals surface area contributed by atoms with Gasteiger partial charge in [0, 0.05) is 0 Å². The van der Waals surface area contributed by atoms with Crippen molar-refractivity contribution in [3.63, 3.8) is 0 Å². The molecule has 4 nitrogen and oxygen atoms in total. The molecule has 0 heterocycles. The molecule has 2 fully saturated rings. The van der Waals surface area contributed by atoms with E-state index in [0.29, 0.717) is 34.8 Å². The van der Waals surface area contributed by atoms with Gasteiger partial charge in [0.1, 0.15) is 12.7 Å². The summed E-state index contributed by atoms with van der Waals surface area (Å²) in [5.74, 6) is 1.13. The first kappa shape index (κ1) is 33.3. The van der Waals surface area contributed by atoms with Crippen molar-refractivity contribution in [2.24, 2.45) is 0 Å². The normalized spacial score (nSPS) is 18.5. The maximum atomic E-state index is 13.5. The molecule has 4 heteroatoms. The number of ether oxygens (including phenoxy) is 2. The zero-order valence-electron chi connectivity index (χ0n) is 27.6. The monoisotopic (exact) mass is 588 g/mol. The summed E-state index contributed by atoms with van der Waals surface area (Å²) < 4.78 is 11.7. The third kappa shape index (κ3) is 8.96. The molecule has 0 aromatic heterocycles. The Hall–Kier alpha value is -2.62. The number of carbonyl (C=O) groups is 2. The van der Waals surface area contributed by atoms with Gasteiger partial charge in [0.2, 0.25) is 0 Å². The molecule has 236 valence electrons. The van der Waals surface area contributed by atoms with Crippen LogP contribution < -0.4 is 0 Å². The van der Waals surface area contributed by atoms with Crippen molar-refractivity contribution in [1.82, 2.24) is 0 Å². The van der Waals surface area contributed by atoms with Crippen molar-refractivity contribution in [2.75, 3.05) is 6.61 Å². The number of benzene rings is 2. The summed E-state index contributed by atoms with van der Waals surface area (Å²) in [6.45, 7) is 10.9. The van der Waals surface area contributed by atoms with Gasteiger partial charge in [-0.15, -0.1) is 0 Å². The van der Waals surface area contributed by atoms with Crippen LogP contribution in [0.3, 0.4) is 0 Å². The van der Waals surface area contributed by atoms with Crippen LogP contribution in [0, 0.1) is 0 Å². The van der Waals surface area contributed by atoms with Crippen molar-refractivity contribution in [1.29, 1.82) is 0 Å². The molecule has 2 aliphatic rings. The lowest BCUT2D eigenvalue weighted by Gasteiger charge is -2.26. The summed E-state index contributed by atoms with van der Waals surface area (Å²) in [7, 11) is 0. The van der Waals surface area contributed by atoms with Crippen molar-refractivity contribution in [2.45, 2.75) is 154 Å². The van der Waals surface area contributed by atoms with E-state index in [4.69, 9.17) is 9.47 Å². The van der Waals surface area contributed by atoms with Gasteiger partial charge >= 0.3 is 11.9 Å². The molecule has 3 atom stereocenters. The molecule has 0 spiro atoms. The molecule has 0 radical (unpaired) electrons. The lowest BCUT2D eigenvalue weighted by molar-refractivity contribution is 0.00426. The summed E-state index contributed by atoms with van der Waals surface area (Å²) in [4.78, 5) is 26.9. The fourth-order valence-corrected chi connectivity index (χ4v) is 7.40. The number of esters is 2. The highest BCUT2D eigenvalue weighted by Crippen LogP contribution is 2.38. The lowest BCUT2D eigenvalue weighted by atomic mass is 9.80. The average molecular weight is 589 g/mol. The maximum Gasteiger partial charge on any atom is 0.338 e. The van der Waals surface area contributed by atoms with Gasteiger partial charge in [-0.2, -0.15) is 0 Å². The van der Waals surface area contributed by atoms with E-state index < -0.39 is 6.10 Å². The van der Waals surface area contributed by atoms with Crippen LogP contribution in [0.25, 0.3) is 0 Å². The zero-order chi connectivity index (χ0) is 30.8. The summed E-state index contributed by atoms with van der Waals surface area (Å²) in [6, 6.07) is 12.7. The van der Waals surface area contributed by atoms with E-state index in [0.717, 1.165) is 62.5 Å². The Morgan fingerprint density at radius 3 is 1.56 bits per heavy atom. The van der Waals surface area contributed by atoms with E-state index in [1.807, 2.05) is 19.1 Å². The summed E-state index contributed by atoms with van der Waals surface area (Å²) in [5.41, 5.74) is 6.26. The summed E-state index contributed by atoms with van der Waals surface area (Å²) in [6.07, 6.45) is 15.9. The Labute approximate surface area is 261 Å². The first-order chi connectivity index (χ1) is 20.8. The van der Waals surface area contributed by atoms with Gasteiger partial charge in [0.15, 0.2) is 0 Å². The number of carbonyl (C=O) groups excluding carboxylic acids is 2. The van der Waals surface area contributed by atoms with E-state index in [1.165, 1.54) is 49.7 Å². The highest BCUT2D eigenvalue weighted by atomic mass is 16.6. The molecule has 0 saturated heterocycles. The highest BCUT2D eigenvalue weighted by Gasteiger charge is 2.27. The third-order valence-corrected chi connectivity index (χ3v) is 10.0. The Balaban J connectivity index is 1.45. The standard InChI is InChI=1S/C39H56O4/c1-6-14-27(3)32-20-22-34(36(24-32)30-16-10-8-11-17-30)38(40)42-26-29(5)43-39(41)35-23-21-33(28(4)15-7-2)25-37(35)31-18-12-9-13-19-31/h20-25,27-31H,6-19,26H2,1-5H3. The number of hydrogen-bond acceptors (Lipinski definition) is 4. The van der Waals surface area contributed by atoms with Gasteiger partial charge < -0.3 is 9.47 Å². The Bertz CT molecular complexity index is 1190. The molecule has 2 saturated carbocycles. The van der Waals surface area contributed by atoms with Crippen molar-refractivity contribution < 1.29 is 19.1 Å². The fourth-order valence-electron chi connectivity index (χ4n) is 7.40. The molecule has 2 aromatic rings. The zero-order valence-corrected chi connectivity index (χ0v) is 27.6. The SMILES string of the molecule is CCCC(C)c1ccc(C(=O)OCC(C)OC(=O)c2ccc(C(C)CCC)cc2C2CCCCC2)c(C2CCCCC2)c1. The van der Waals surface area contributed by atoms with Gasteiger partial charge in [0.25, 0.3) is 0 Å². The molecule has 0 N–H and O–H groups in total. The van der Waals surface area contributed by atoms with Crippen LogP contribution in [-0.2, 0) is 9.47 Å². The van der Waals surface area contributed by atoms with Crippen LogP contribution in [0.5, 0.6) is 0 Å². The Kier molecular flexibility index (Phi) is 12.7. The Morgan fingerprint density at radius 2 is 1.12 bits per heavy atom. The molecule has 4 rings (SSSR count). The summed E-state index contributed by atoms with van der Waals surface area (Å²) in [5, 5.41) is 0. The van der Waals surface area contributed by atoms with Gasteiger partial charge in [-0.25, -0.2) is 9.59 Å². The topological polar surface area (TPSA) is 52.6 Å². The smallest absolute Gasteiger partial charge is 0.338 e. The summed E-state index contributed by atoms with van der Waals surface area (Å²) >= 11 is 0. The molecule has 3 unspecified atom stereocenters. The molecule has 0 bridgehead atoms. The third-order valence-electron chi connectivity index (χ3n) is 10.0. The maximum absolute atomic E-state index is 13.5. The Morgan fingerprint density at radius 1 is 0.674 bits per heavy atom. The first-order valence-corrected chi connectivity index (χ1v) is 17.5. The quantitative estimate of drug-likeness (QED) is 0.218. The van der Waals surface area contributed by atoms with E-state index in [9.17, 15) is 9.59 Å². The van der Waals surface area contributed by atoms with Gasteiger partial charge in [-0.3, -0.25) is 0 Å². The molecule has 0 amide bonds. The van der Waals surface area contributed by atoms with Gasteiger partial charge in [-0.1, -0.05) is 103 Å². The predicted octanol–water partition coefficient (Wildman–Crippen LogP) is 11.0. The van der Waals surface area contributed by atoms with Crippen LogP contribution >= 0.6 is 0 Å². The predicted molar refractivity (Wildman–Crippen MR) is 176 cm³/mol. The molecule has 2 aromatic carbocycles. The molecular weight excluding hydrogens is 532 g/mol. The minimum atomic E-state index is -0.531. The van der Waals surface area contributed by atoms with E-state index in [-0.39, 0.29) is 18.5 Å². The fraction of sp³-hybridized carbons (Fsp3) is 0.641. The second-order valence-corrected chi connectivity index (χ2v) is 13.6. The largest absolute Gasteiger partial charge is 0.458 e. The second-order valence-electron chi connectivity index (χ2n) is 13.6. The van der Waals surface area contributed by atoms with E-state index in [2.05, 4.69) is 52.0 Å². The van der Waals surface area contributed by atoms with Gasteiger partial charge in [0.05, 0.1) is 11.1 Å². The molecule has 0 aliphatic heterocycles. The van der Waals surface area contributed by atoms with Crippen LogP contribution in [0.1, 0.15) is 191 Å². The molecular formula is C39H56O4. The minimum absolute atomic E-state index is 0.0487. The first-order valence-electron chi connectivity index (χ1n) is 17.5. The van der Waals surface area contributed by atoms with Gasteiger partial charge in [-0.05, 0) is 104 Å². The van der Waals surface area contributed by atoms with Crippen molar-refractivity contribution in [3.8, 4) is 0 Å². The van der Waals surface area contributed by atoms with Crippen molar-refractivity contribution >= 4 is 11.9 Å². The minimum Gasteiger partial charge on any atom is -0.458 e. The number of hydrogen-bond donors (Lipinski definition) is 0. The van der Waals surface area contributed by atoms with E-state index >= 15 is 0 Å². The van der Waals surface area contributed by atoms with E-state index in [1.54, 1.807) is 0 Å². The van der Waals surface area contributed by atoms with Crippen LogP contribution in [-0.4, -0.2) is 24.6 Å². The molecule has 2 aliphatic carbocycles. The second kappa shape index (κ2) is 16.5. The number of rotatable bonds is 13. The average Bonchev–Trinajstić information content (AvgIpc) is 3.04. The van der Waals surface area contributed by atoms with Crippen molar-refractivity contribution in [3.05, 3.63) is 69.8 Å². The van der Waals surface area contributed by atoms with Crippen LogP contribution in [0.2, 0.25) is 0 Å².